The van der Waals surface area contributed by atoms with Crippen molar-refractivity contribution < 1.29 is 9.53 Å². The highest BCUT2D eigenvalue weighted by molar-refractivity contribution is 5.69. The van der Waals surface area contributed by atoms with E-state index in [1.807, 2.05) is 0 Å². The molecule has 1 aromatic carbocycles. The van der Waals surface area contributed by atoms with Gasteiger partial charge in [-0.3, -0.25) is 4.79 Å². The summed E-state index contributed by atoms with van der Waals surface area (Å²) in [5.74, 6) is -0.122. The van der Waals surface area contributed by atoms with Crippen molar-refractivity contribution in [2.75, 3.05) is 7.11 Å². The molecule has 0 fully saturated rings. The van der Waals surface area contributed by atoms with Crippen LogP contribution in [-0.4, -0.2) is 13.1 Å². The molecule has 0 amide bonds. The van der Waals surface area contributed by atoms with Crippen LogP contribution in [0.2, 0.25) is 0 Å². The monoisotopic (exact) mass is 330 g/mol. The van der Waals surface area contributed by atoms with Gasteiger partial charge >= 0.3 is 5.97 Å². The van der Waals surface area contributed by atoms with E-state index in [2.05, 4.69) is 48.1 Å². The number of methoxy groups -OCH3 is 1. The molecule has 1 aromatic rings. The van der Waals surface area contributed by atoms with Crippen LogP contribution in [0.4, 0.5) is 0 Å². The van der Waals surface area contributed by atoms with Crippen molar-refractivity contribution in [1.82, 2.24) is 0 Å². The predicted octanol–water partition coefficient (Wildman–Crippen LogP) is 6.34. The van der Waals surface area contributed by atoms with Gasteiger partial charge < -0.3 is 4.74 Å². The lowest BCUT2D eigenvalue weighted by molar-refractivity contribution is -0.140. The first-order valence-electron chi connectivity index (χ1n) is 9.59. The number of rotatable bonds is 13. The third-order valence-corrected chi connectivity index (χ3v) is 4.38. The number of carbonyl (C=O) groups excluding carboxylic acids is 1. The second kappa shape index (κ2) is 13.8. The smallest absolute Gasteiger partial charge is 0.305 e. The van der Waals surface area contributed by atoms with Crippen LogP contribution in [0.1, 0.15) is 82.3 Å². The topological polar surface area (TPSA) is 26.3 Å². The minimum Gasteiger partial charge on any atom is -0.469 e. The molecular formula is C22H34O2. The third kappa shape index (κ3) is 9.54. The van der Waals surface area contributed by atoms with E-state index in [1.54, 1.807) is 0 Å². The van der Waals surface area contributed by atoms with Gasteiger partial charge in [0.1, 0.15) is 0 Å². The second-order valence-corrected chi connectivity index (χ2v) is 6.44. The van der Waals surface area contributed by atoms with Gasteiger partial charge in [-0.15, -0.1) is 0 Å². The van der Waals surface area contributed by atoms with Crippen LogP contribution in [0.3, 0.4) is 0 Å². The Balaban J connectivity index is 2.29. The summed E-state index contributed by atoms with van der Waals surface area (Å²) in [7, 11) is 1.44. The molecule has 2 heteroatoms. The highest BCUT2D eigenvalue weighted by atomic mass is 16.5. The molecule has 0 aliphatic carbocycles. The molecule has 24 heavy (non-hydrogen) atoms. The molecule has 0 aromatic heterocycles. The standard InChI is InChI=1S/C22H34O2/c1-3-4-5-6-7-8-10-15-20-17-13-14-18-21(20)16-11-9-12-19-22(23)24-2/h11,13-14,16-18H,3-10,12,15,19H2,1-2H3/b16-11+. The Kier molecular flexibility index (Phi) is 11.8. The van der Waals surface area contributed by atoms with E-state index in [1.165, 1.54) is 63.2 Å². The van der Waals surface area contributed by atoms with Crippen LogP contribution >= 0.6 is 0 Å². The van der Waals surface area contributed by atoms with Gasteiger partial charge in [0.05, 0.1) is 7.11 Å². The lowest BCUT2D eigenvalue weighted by atomic mass is 9.99. The van der Waals surface area contributed by atoms with Crippen LogP contribution in [0.25, 0.3) is 6.08 Å². The average Bonchev–Trinajstić information content (AvgIpc) is 2.61. The molecule has 0 N–H and O–H groups in total. The molecule has 0 radical (unpaired) electrons. The normalized spacial score (nSPS) is 11.1. The Labute approximate surface area is 148 Å². The first-order chi connectivity index (χ1) is 11.8. The van der Waals surface area contributed by atoms with Crippen LogP contribution in [0, 0.1) is 0 Å². The lowest BCUT2D eigenvalue weighted by Gasteiger charge is -2.06. The molecule has 2 nitrogen and oxygen atoms in total. The molecule has 0 atom stereocenters. The number of hydrogen-bond acceptors (Lipinski definition) is 2. The maximum atomic E-state index is 11.1. The number of unbranched alkanes of at least 4 members (excludes halogenated alkanes) is 7. The number of ether oxygens (including phenoxy) is 1. The van der Waals surface area contributed by atoms with Crippen molar-refractivity contribution in [2.24, 2.45) is 0 Å². The Bertz CT molecular complexity index is 477. The number of carbonyl (C=O) groups is 1. The summed E-state index contributed by atoms with van der Waals surface area (Å²) in [5, 5.41) is 0. The first kappa shape index (κ1) is 20.5. The zero-order valence-electron chi connectivity index (χ0n) is 15.6. The largest absolute Gasteiger partial charge is 0.469 e. The van der Waals surface area contributed by atoms with Crippen molar-refractivity contribution in [3.05, 3.63) is 41.5 Å². The SMILES string of the molecule is CCCCCCCCCc1ccccc1/C=C/CCCC(=O)OC. The van der Waals surface area contributed by atoms with Crippen molar-refractivity contribution in [3.8, 4) is 0 Å². The van der Waals surface area contributed by atoms with Gasteiger partial charge in [-0.05, 0) is 36.8 Å². The summed E-state index contributed by atoms with van der Waals surface area (Å²) in [6, 6.07) is 8.66. The molecule has 0 unspecified atom stereocenters. The molecule has 0 aliphatic heterocycles. The third-order valence-electron chi connectivity index (χ3n) is 4.38. The van der Waals surface area contributed by atoms with E-state index >= 15 is 0 Å². The Morgan fingerprint density at radius 2 is 1.71 bits per heavy atom. The maximum absolute atomic E-state index is 11.1. The highest BCUT2D eigenvalue weighted by Gasteiger charge is 2.00. The summed E-state index contributed by atoms with van der Waals surface area (Å²) in [4.78, 5) is 11.1. The Hall–Kier alpha value is -1.57. The molecule has 1 rings (SSSR count). The van der Waals surface area contributed by atoms with Crippen LogP contribution in [-0.2, 0) is 16.0 Å². The Morgan fingerprint density at radius 1 is 1.00 bits per heavy atom. The predicted molar refractivity (Wildman–Crippen MR) is 103 cm³/mol. The van der Waals surface area contributed by atoms with E-state index in [-0.39, 0.29) is 5.97 Å². The van der Waals surface area contributed by atoms with E-state index in [9.17, 15) is 4.79 Å². The van der Waals surface area contributed by atoms with Gasteiger partial charge in [0, 0.05) is 6.42 Å². The molecule has 134 valence electrons. The quantitative estimate of drug-likeness (QED) is 0.312. The number of esters is 1. The fourth-order valence-electron chi connectivity index (χ4n) is 2.87. The number of aryl methyl sites for hydroxylation is 1. The van der Waals surface area contributed by atoms with E-state index in [4.69, 9.17) is 0 Å². The second-order valence-electron chi connectivity index (χ2n) is 6.44. The lowest BCUT2D eigenvalue weighted by Crippen LogP contribution is -1.98. The van der Waals surface area contributed by atoms with E-state index < -0.39 is 0 Å². The van der Waals surface area contributed by atoms with Crippen molar-refractivity contribution in [1.29, 1.82) is 0 Å². The van der Waals surface area contributed by atoms with Gasteiger partial charge in [0.2, 0.25) is 0 Å². The zero-order chi connectivity index (χ0) is 17.5. The van der Waals surface area contributed by atoms with Crippen LogP contribution in [0.15, 0.2) is 30.3 Å². The van der Waals surface area contributed by atoms with E-state index in [0.29, 0.717) is 6.42 Å². The Morgan fingerprint density at radius 3 is 2.46 bits per heavy atom. The summed E-state index contributed by atoms with van der Waals surface area (Å²) in [6.45, 7) is 2.26. The van der Waals surface area contributed by atoms with Gasteiger partial charge in [-0.1, -0.05) is 81.9 Å². The van der Waals surface area contributed by atoms with E-state index in [0.717, 1.165) is 19.3 Å². The molecule has 0 saturated heterocycles. The molecule has 0 heterocycles. The van der Waals surface area contributed by atoms with Crippen molar-refractivity contribution in [3.63, 3.8) is 0 Å². The molecule has 0 spiro atoms. The van der Waals surface area contributed by atoms with Gasteiger partial charge in [-0.2, -0.15) is 0 Å². The van der Waals surface area contributed by atoms with Crippen molar-refractivity contribution >= 4 is 12.0 Å². The number of allylic oxidation sites excluding steroid dienone is 1. The summed E-state index contributed by atoms with van der Waals surface area (Å²) in [5.41, 5.74) is 2.76. The molecular weight excluding hydrogens is 296 g/mol. The minimum atomic E-state index is -0.122. The number of benzene rings is 1. The summed E-state index contributed by atoms with van der Waals surface area (Å²) in [6.07, 6.45) is 17.3. The summed E-state index contributed by atoms with van der Waals surface area (Å²) >= 11 is 0. The van der Waals surface area contributed by atoms with Crippen molar-refractivity contribution in [2.45, 2.75) is 77.6 Å². The van der Waals surface area contributed by atoms with Gasteiger partial charge in [0.25, 0.3) is 0 Å². The van der Waals surface area contributed by atoms with Crippen LogP contribution < -0.4 is 0 Å². The highest BCUT2D eigenvalue weighted by Crippen LogP contribution is 2.16. The zero-order valence-corrected chi connectivity index (χ0v) is 15.6. The number of hydrogen-bond donors (Lipinski definition) is 0. The van der Waals surface area contributed by atoms with Gasteiger partial charge in [0.15, 0.2) is 0 Å². The van der Waals surface area contributed by atoms with Crippen LogP contribution in [0.5, 0.6) is 0 Å². The molecule has 0 aliphatic rings. The average molecular weight is 331 g/mol. The minimum absolute atomic E-state index is 0.122. The fourth-order valence-corrected chi connectivity index (χ4v) is 2.87. The fraction of sp³-hybridized carbons (Fsp3) is 0.591. The molecule has 0 bridgehead atoms. The first-order valence-corrected chi connectivity index (χ1v) is 9.59. The maximum Gasteiger partial charge on any atom is 0.305 e. The summed E-state index contributed by atoms with van der Waals surface area (Å²) < 4.78 is 4.66. The van der Waals surface area contributed by atoms with Gasteiger partial charge in [-0.25, -0.2) is 0 Å². The molecule has 0 saturated carbocycles.